The van der Waals surface area contributed by atoms with Crippen LogP contribution in [0.5, 0.6) is 0 Å². The average molecular weight is 699 g/mol. The fraction of sp³-hybridized carbons (Fsp3) is 0. The van der Waals surface area contributed by atoms with Crippen LogP contribution in [0.3, 0.4) is 0 Å². The Balaban J connectivity index is 1.04. The van der Waals surface area contributed by atoms with Gasteiger partial charge in [-0.1, -0.05) is 140 Å². The molecule has 0 amide bonds. The van der Waals surface area contributed by atoms with Gasteiger partial charge < -0.3 is 4.42 Å². The zero-order valence-corrected chi connectivity index (χ0v) is 29.6. The first kappa shape index (κ1) is 30.1. The lowest BCUT2D eigenvalue weighted by molar-refractivity contribution is 0.669. The van der Waals surface area contributed by atoms with Crippen LogP contribution in [0.2, 0.25) is 0 Å². The smallest absolute Gasteiger partial charge is 0.160 e. The largest absolute Gasteiger partial charge is 0.456 e. The van der Waals surface area contributed by atoms with Gasteiger partial charge in [0.05, 0.1) is 11.4 Å². The first-order valence-electron chi connectivity index (χ1n) is 18.7. The number of hydrogen-bond acceptors (Lipinski definition) is 3. The van der Waals surface area contributed by atoms with Crippen LogP contribution in [0.15, 0.2) is 186 Å². The normalized spacial score (nSPS) is 12.0. The maximum absolute atomic E-state index is 6.59. The molecule has 0 saturated heterocycles. The predicted molar refractivity (Wildman–Crippen MR) is 228 cm³/mol. The molecule has 2 heterocycles. The second-order valence-corrected chi connectivity index (χ2v) is 14.6. The molecule has 0 atom stereocenters. The highest BCUT2D eigenvalue weighted by atomic mass is 16.3. The molecule has 2 aromatic heterocycles. The van der Waals surface area contributed by atoms with Crippen molar-refractivity contribution in [3.05, 3.63) is 182 Å². The van der Waals surface area contributed by atoms with Gasteiger partial charge in [-0.05, 0) is 103 Å². The first-order chi connectivity index (χ1) is 27.2. The van der Waals surface area contributed by atoms with Gasteiger partial charge in [-0.25, -0.2) is 9.97 Å². The van der Waals surface area contributed by atoms with Crippen LogP contribution in [0.1, 0.15) is 0 Å². The number of aromatic nitrogens is 2. The van der Waals surface area contributed by atoms with Gasteiger partial charge in [-0.3, -0.25) is 0 Å². The van der Waals surface area contributed by atoms with E-state index in [0.29, 0.717) is 5.82 Å². The molecule has 3 nitrogen and oxygen atoms in total. The number of nitrogens with zero attached hydrogens (tertiary/aromatic N) is 2. The minimum atomic E-state index is 0.675. The van der Waals surface area contributed by atoms with Gasteiger partial charge in [0.1, 0.15) is 11.2 Å². The Morgan fingerprint density at radius 3 is 1.69 bits per heavy atom. The zero-order chi connectivity index (χ0) is 36.0. The van der Waals surface area contributed by atoms with Crippen molar-refractivity contribution in [3.8, 4) is 67.3 Å². The second-order valence-electron chi connectivity index (χ2n) is 14.6. The molecule has 0 spiro atoms. The quantitative estimate of drug-likeness (QED) is 0.184. The van der Waals surface area contributed by atoms with E-state index in [2.05, 4.69) is 182 Å². The summed E-state index contributed by atoms with van der Waals surface area (Å²) in [5.74, 6) is 0.675. The van der Waals surface area contributed by atoms with E-state index in [9.17, 15) is 0 Å². The number of furan rings is 1. The molecule has 0 N–H and O–H groups in total. The van der Waals surface area contributed by atoms with E-state index in [4.69, 9.17) is 14.4 Å². The predicted octanol–water partition coefficient (Wildman–Crippen LogP) is 14.2. The standard InChI is InChI=1S/C52H30N2O/c1-3-10-35-26-37(22-18-31(35)8-1)33-16-20-34(21-17-33)45-30-46(38-23-19-32-9-2-4-11-36(32)27-38)54-52(53-45)40-24-25-47-44(28-40)50-48(55-47)29-39-12-7-15-42-41-13-5-6-14-43(41)51(50)49(39)42/h1-30H. The van der Waals surface area contributed by atoms with Gasteiger partial charge in [0, 0.05) is 33.0 Å². The van der Waals surface area contributed by atoms with Crippen molar-refractivity contribution in [1.82, 2.24) is 9.97 Å². The molecule has 55 heavy (non-hydrogen) atoms. The summed E-state index contributed by atoms with van der Waals surface area (Å²) >= 11 is 0. The molecule has 0 saturated carbocycles. The molecular formula is C52H30N2O. The van der Waals surface area contributed by atoms with Crippen molar-refractivity contribution in [2.24, 2.45) is 0 Å². The van der Waals surface area contributed by atoms with Gasteiger partial charge in [0.15, 0.2) is 5.82 Å². The first-order valence-corrected chi connectivity index (χ1v) is 18.7. The minimum Gasteiger partial charge on any atom is -0.456 e. The molecule has 12 rings (SSSR count). The Kier molecular flexibility index (Phi) is 6.34. The monoisotopic (exact) mass is 698 g/mol. The number of fused-ring (bicyclic) bond motifs is 9. The molecule has 0 unspecified atom stereocenters. The van der Waals surface area contributed by atoms with Crippen molar-refractivity contribution < 1.29 is 4.42 Å². The van der Waals surface area contributed by atoms with Crippen molar-refractivity contribution in [3.63, 3.8) is 0 Å². The maximum atomic E-state index is 6.59. The van der Waals surface area contributed by atoms with Crippen molar-refractivity contribution in [2.75, 3.05) is 0 Å². The van der Waals surface area contributed by atoms with Crippen LogP contribution in [0, 0.1) is 0 Å². The Morgan fingerprint density at radius 2 is 0.909 bits per heavy atom. The Bertz CT molecular complexity index is 3370. The van der Waals surface area contributed by atoms with Crippen molar-refractivity contribution in [2.45, 2.75) is 0 Å². The summed E-state index contributed by atoms with van der Waals surface area (Å²) in [6, 6.07) is 64.9. The fourth-order valence-corrected chi connectivity index (χ4v) is 8.70. The molecule has 0 aliphatic heterocycles. The van der Waals surface area contributed by atoms with Gasteiger partial charge in [-0.15, -0.1) is 0 Å². The Morgan fingerprint density at radius 1 is 0.327 bits per heavy atom. The van der Waals surface area contributed by atoms with Crippen LogP contribution in [-0.2, 0) is 0 Å². The third kappa shape index (κ3) is 4.70. The van der Waals surface area contributed by atoms with E-state index >= 15 is 0 Å². The van der Waals surface area contributed by atoms with Gasteiger partial charge in [0.2, 0.25) is 0 Å². The van der Waals surface area contributed by atoms with E-state index in [1.165, 1.54) is 65.7 Å². The van der Waals surface area contributed by atoms with Crippen LogP contribution in [0.4, 0.5) is 0 Å². The molecule has 3 heteroatoms. The summed E-state index contributed by atoms with van der Waals surface area (Å²) in [5.41, 5.74) is 13.9. The molecule has 254 valence electrons. The number of benzene rings is 9. The lowest BCUT2D eigenvalue weighted by Gasteiger charge is -2.11. The highest BCUT2D eigenvalue weighted by Gasteiger charge is 2.26. The highest BCUT2D eigenvalue weighted by molar-refractivity contribution is 6.28. The average Bonchev–Trinajstić information content (AvgIpc) is 3.79. The molecule has 11 aromatic rings. The van der Waals surface area contributed by atoms with E-state index < -0.39 is 0 Å². The molecule has 1 aliphatic rings. The summed E-state index contributed by atoms with van der Waals surface area (Å²) < 4.78 is 6.59. The third-order valence-electron chi connectivity index (χ3n) is 11.4. The lowest BCUT2D eigenvalue weighted by atomic mass is 9.96. The van der Waals surface area contributed by atoms with Gasteiger partial charge >= 0.3 is 0 Å². The van der Waals surface area contributed by atoms with E-state index in [-0.39, 0.29) is 0 Å². The zero-order valence-electron chi connectivity index (χ0n) is 29.6. The Hall–Kier alpha value is -7.36. The van der Waals surface area contributed by atoms with Crippen LogP contribution in [0.25, 0.3) is 122 Å². The fourth-order valence-electron chi connectivity index (χ4n) is 8.70. The summed E-state index contributed by atoms with van der Waals surface area (Å²) in [7, 11) is 0. The van der Waals surface area contributed by atoms with Gasteiger partial charge in [-0.2, -0.15) is 0 Å². The summed E-state index contributed by atoms with van der Waals surface area (Å²) in [5, 5.41) is 9.54. The van der Waals surface area contributed by atoms with Crippen molar-refractivity contribution in [1.29, 1.82) is 0 Å². The van der Waals surface area contributed by atoms with E-state index in [1.54, 1.807) is 0 Å². The topological polar surface area (TPSA) is 38.9 Å². The Labute approximate surface area is 316 Å². The molecule has 0 fully saturated rings. The van der Waals surface area contributed by atoms with E-state index in [1.807, 2.05) is 0 Å². The summed E-state index contributed by atoms with van der Waals surface area (Å²) in [4.78, 5) is 10.5. The summed E-state index contributed by atoms with van der Waals surface area (Å²) in [6.07, 6.45) is 0. The van der Waals surface area contributed by atoms with Gasteiger partial charge in [0.25, 0.3) is 0 Å². The number of rotatable bonds is 4. The molecule has 9 aromatic carbocycles. The van der Waals surface area contributed by atoms with E-state index in [0.717, 1.165) is 50.0 Å². The summed E-state index contributed by atoms with van der Waals surface area (Å²) in [6.45, 7) is 0. The minimum absolute atomic E-state index is 0.675. The molecule has 0 radical (unpaired) electrons. The van der Waals surface area contributed by atoms with Crippen LogP contribution >= 0.6 is 0 Å². The molecular weight excluding hydrogens is 669 g/mol. The number of hydrogen-bond donors (Lipinski definition) is 0. The molecule has 0 bridgehead atoms. The highest BCUT2D eigenvalue weighted by Crippen LogP contribution is 2.52. The van der Waals surface area contributed by atoms with Crippen LogP contribution < -0.4 is 0 Å². The SMILES string of the molecule is c1ccc2c(c1)-c1cccc3cc4oc5ccc(-c6nc(-c7ccc(-c8ccc9ccccc9c8)cc7)cc(-c7ccc8ccccc8c7)n6)cc5c4c-2c13. The maximum Gasteiger partial charge on any atom is 0.160 e. The third-order valence-corrected chi connectivity index (χ3v) is 11.4. The molecule has 1 aliphatic carbocycles. The lowest BCUT2D eigenvalue weighted by Crippen LogP contribution is -1.96. The van der Waals surface area contributed by atoms with Crippen molar-refractivity contribution >= 4 is 54.3 Å². The van der Waals surface area contributed by atoms with Crippen LogP contribution in [-0.4, -0.2) is 9.97 Å². The second kappa shape index (κ2) is 11.6.